The molecular formula is C12H17FN2O3. The molecule has 2 atom stereocenters. The van der Waals surface area contributed by atoms with Crippen LogP contribution in [0.4, 0.5) is 10.1 Å². The second-order valence-corrected chi connectivity index (χ2v) is 4.18. The number of benzene rings is 1. The van der Waals surface area contributed by atoms with Gasteiger partial charge in [-0.15, -0.1) is 0 Å². The van der Waals surface area contributed by atoms with E-state index in [1.165, 1.54) is 13.2 Å². The Balaban J connectivity index is 3.42. The van der Waals surface area contributed by atoms with Crippen LogP contribution in [0.3, 0.4) is 0 Å². The fourth-order valence-corrected chi connectivity index (χ4v) is 2.05. The van der Waals surface area contributed by atoms with E-state index < -0.39 is 10.7 Å². The summed E-state index contributed by atoms with van der Waals surface area (Å²) in [4.78, 5) is 10.4. The third-order valence-electron chi connectivity index (χ3n) is 2.97. The maximum atomic E-state index is 13.5. The number of halogens is 1. The normalized spacial score (nSPS) is 14.1. The SMILES string of the molecule is CCC(c1cc(OC)c(F)cc1[N+](=O)[O-])C(C)N. The molecule has 0 saturated heterocycles. The van der Waals surface area contributed by atoms with Crippen molar-refractivity contribution in [2.24, 2.45) is 5.73 Å². The molecule has 100 valence electrons. The number of nitrogens with zero attached hydrogens (tertiary/aromatic N) is 1. The summed E-state index contributed by atoms with van der Waals surface area (Å²) in [6.07, 6.45) is 0.632. The summed E-state index contributed by atoms with van der Waals surface area (Å²) in [7, 11) is 1.32. The molecule has 0 aliphatic heterocycles. The van der Waals surface area contributed by atoms with Crippen LogP contribution in [0.25, 0.3) is 0 Å². The van der Waals surface area contributed by atoms with E-state index in [9.17, 15) is 14.5 Å². The van der Waals surface area contributed by atoms with Gasteiger partial charge in [0.05, 0.1) is 18.1 Å². The zero-order valence-corrected chi connectivity index (χ0v) is 10.6. The van der Waals surface area contributed by atoms with Gasteiger partial charge in [-0.2, -0.15) is 0 Å². The maximum Gasteiger partial charge on any atom is 0.276 e. The van der Waals surface area contributed by atoms with Crippen LogP contribution < -0.4 is 10.5 Å². The first-order chi connectivity index (χ1) is 8.42. The summed E-state index contributed by atoms with van der Waals surface area (Å²) < 4.78 is 18.4. The van der Waals surface area contributed by atoms with Crippen LogP contribution in [-0.4, -0.2) is 18.1 Å². The lowest BCUT2D eigenvalue weighted by Crippen LogP contribution is -2.25. The summed E-state index contributed by atoms with van der Waals surface area (Å²) in [5.74, 6) is -0.956. The molecular weight excluding hydrogens is 239 g/mol. The van der Waals surface area contributed by atoms with E-state index in [4.69, 9.17) is 10.5 Å². The molecule has 2 N–H and O–H groups in total. The molecule has 0 radical (unpaired) electrons. The number of hydrogen-bond donors (Lipinski definition) is 1. The van der Waals surface area contributed by atoms with Crippen molar-refractivity contribution in [3.8, 4) is 5.75 Å². The number of ether oxygens (including phenoxy) is 1. The second kappa shape index (κ2) is 5.77. The average Bonchev–Trinajstić information content (AvgIpc) is 2.30. The topological polar surface area (TPSA) is 78.4 Å². The number of nitro groups is 1. The van der Waals surface area contributed by atoms with Crippen LogP contribution >= 0.6 is 0 Å². The zero-order chi connectivity index (χ0) is 13.9. The standard InChI is InChI=1S/C12H17FN2O3/c1-4-8(7(2)14)9-5-12(18-3)10(13)6-11(9)15(16)17/h5-8H,4,14H2,1-3H3. The molecule has 1 aromatic rings. The van der Waals surface area contributed by atoms with Crippen molar-refractivity contribution in [3.63, 3.8) is 0 Å². The molecule has 0 aliphatic rings. The fraction of sp³-hybridized carbons (Fsp3) is 0.500. The van der Waals surface area contributed by atoms with Gasteiger partial charge < -0.3 is 10.5 Å². The molecule has 0 amide bonds. The second-order valence-electron chi connectivity index (χ2n) is 4.18. The van der Waals surface area contributed by atoms with Gasteiger partial charge in [0.25, 0.3) is 5.69 Å². The van der Waals surface area contributed by atoms with Gasteiger partial charge in [0.2, 0.25) is 0 Å². The van der Waals surface area contributed by atoms with Crippen molar-refractivity contribution in [1.82, 2.24) is 0 Å². The van der Waals surface area contributed by atoms with Crippen LogP contribution in [0.5, 0.6) is 5.75 Å². The van der Waals surface area contributed by atoms with E-state index in [1.54, 1.807) is 6.92 Å². The third-order valence-corrected chi connectivity index (χ3v) is 2.97. The lowest BCUT2D eigenvalue weighted by molar-refractivity contribution is -0.386. The Hall–Kier alpha value is -1.69. The zero-order valence-electron chi connectivity index (χ0n) is 10.6. The Kier molecular flexibility index (Phi) is 4.61. The predicted molar refractivity (Wildman–Crippen MR) is 66.3 cm³/mol. The first-order valence-electron chi connectivity index (χ1n) is 5.69. The third kappa shape index (κ3) is 2.76. The summed E-state index contributed by atoms with van der Waals surface area (Å²) in [5.41, 5.74) is 5.98. The number of methoxy groups -OCH3 is 1. The highest BCUT2D eigenvalue weighted by molar-refractivity contribution is 5.48. The van der Waals surface area contributed by atoms with Crippen molar-refractivity contribution >= 4 is 5.69 Å². The Morgan fingerprint density at radius 2 is 2.17 bits per heavy atom. The lowest BCUT2D eigenvalue weighted by Gasteiger charge is -2.20. The van der Waals surface area contributed by atoms with E-state index in [1.807, 2.05) is 6.92 Å². The monoisotopic (exact) mass is 256 g/mol. The van der Waals surface area contributed by atoms with Crippen molar-refractivity contribution in [3.05, 3.63) is 33.6 Å². The molecule has 6 heteroatoms. The molecule has 0 spiro atoms. The summed E-state index contributed by atoms with van der Waals surface area (Å²) in [6.45, 7) is 3.65. The summed E-state index contributed by atoms with van der Waals surface area (Å²) in [6, 6.07) is 1.99. The number of hydrogen-bond acceptors (Lipinski definition) is 4. The van der Waals surface area contributed by atoms with Crippen LogP contribution in [0.2, 0.25) is 0 Å². The van der Waals surface area contributed by atoms with E-state index in [0.717, 1.165) is 6.07 Å². The highest BCUT2D eigenvalue weighted by Crippen LogP contribution is 2.35. The fourth-order valence-electron chi connectivity index (χ4n) is 2.05. The van der Waals surface area contributed by atoms with Crippen LogP contribution in [0, 0.1) is 15.9 Å². The molecule has 1 aromatic carbocycles. The van der Waals surface area contributed by atoms with Gasteiger partial charge in [-0.3, -0.25) is 10.1 Å². The minimum absolute atomic E-state index is 0.00491. The van der Waals surface area contributed by atoms with Crippen molar-refractivity contribution in [2.45, 2.75) is 32.2 Å². The van der Waals surface area contributed by atoms with E-state index in [0.29, 0.717) is 12.0 Å². The summed E-state index contributed by atoms with van der Waals surface area (Å²) in [5, 5.41) is 11.0. The first kappa shape index (κ1) is 14.4. The van der Waals surface area contributed by atoms with Gasteiger partial charge in [-0.1, -0.05) is 6.92 Å². The quantitative estimate of drug-likeness (QED) is 0.648. The van der Waals surface area contributed by atoms with Gasteiger partial charge in [-0.25, -0.2) is 4.39 Å². The van der Waals surface area contributed by atoms with Gasteiger partial charge in [0.1, 0.15) is 0 Å². The van der Waals surface area contributed by atoms with Crippen molar-refractivity contribution < 1.29 is 14.1 Å². The van der Waals surface area contributed by atoms with Crippen molar-refractivity contribution in [2.75, 3.05) is 7.11 Å². The smallest absolute Gasteiger partial charge is 0.276 e. The number of rotatable bonds is 5. The molecule has 1 rings (SSSR count). The van der Waals surface area contributed by atoms with Crippen LogP contribution in [0.1, 0.15) is 31.7 Å². The van der Waals surface area contributed by atoms with Crippen molar-refractivity contribution in [1.29, 1.82) is 0 Å². The molecule has 5 nitrogen and oxygen atoms in total. The first-order valence-corrected chi connectivity index (χ1v) is 5.69. The summed E-state index contributed by atoms with van der Waals surface area (Å²) >= 11 is 0. The highest BCUT2D eigenvalue weighted by Gasteiger charge is 2.26. The Morgan fingerprint density at radius 3 is 2.56 bits per heavy atom. The Bertz CT molecular complexity index is 449. The van der Waals surface area contributed by atoms with Gasteiger partial charge in [-0.05, 0) is 19.4 Å². The average molecular weight is 256 g/mol. The number of nitro benzene ring substituents is 1. The lowest BCUT2D eigenvalue weighted by atomic mass is 9.89. The maximum absolute atomic E-state index is 13.5. The van der Waals surface area contributed by atoms with Gasteiger partial charge >= 0.3 is 0 Å². The van der Waals surface area contributed by atoms with Gasteiger partial charge in [0.15, 0.2) is 11.6 Å². The van der Waals surface area contributed by atoms with E-state index >= 15 is 0 Å². The Morgan fingerprint density at radius 1 is 1.56 bits per heavy atom. The molecule has 0 aromatic heterocycles. The molecule has 0 aliphatic carbocycles. The van der Waals surface area contributed by atoms with E-state index in [2.05, 4.69) is 0 Å². The molecule has 0 heterocycles. The van der Waals surface area contributed by atoms with Crippen LogP contribution in [-0.2, 0) is 0 Å². The van der Waals surface area contributed by atoms with E-state index in [-0.39, 0.29) is 23.4 Å². The van der Waals surface area contributed by atoms with Gasteiger partial charge in [0, 0.05) is 17.5 Å². The number of nitrogens with two attached hydrogens (primary N) is 1. The minimum atomic E-state index is -0.743. The van der Waals surface area contributed by atoms with Crippen LogP contribution in [0.15, 0.2) is 12.1 Å². The largest absolute Gasteiger partial charge is 0.494 e. The highest BCUT2D eigenvalue weighted by atomic mass is 19.1. The Labute approximate surface area is 105 Å². The molecule has 18 heavy (non-hydrogen) atoms. The minimum Gasteiger partial charge on any atom is -0.494 e. The molecule has 0 fully saturated rings. The predicted octanol–water partition coefficient (Wildman–Crippen LogP) is 2.58. The molecule has 2 unspecified atom stereocenters. The molecule has 0 saturated carbocycles. The molecule has 0 bridgehead atoms.